The van der Waals surface area contributed by atoms with E-state index in [2.05, 4.69) is 16.8 Å². The van der Waals surface area contributed by atoms with Gasteiger partial charge in [-0.3, -0.25) is 15.0 Å². The highest BCUT2D eigenvalue weighted by molar-refractivity contribution is 5.75. The monoisotopic (exact) mass is 262 g/mol. The van der Waals surface area contributed by atoms with Crippen LogP contribution in [-0.4, -0.2) is 42.0 Å². The Kier molecular flexibility index (Phi) is 2.82. The van der Waals surface area contributed by atoms with Crippen LogP contribution in [0.15, 0.2) is 18.2 Å². The van der Waals surface area contributed by atoms with Gasteiger partial charge in [0.15, 0.2) is 0 Å². The zero-order valence-electron chi connectivity index (χ0n) is 11.0. The van der Waals surface area contributed by atoms with Crippen molar-refractivity contribution in [1.29, 1.82) is 0 Å². The number of anilines is 2. The number of nitro benzene ring substituents is 1. The molecule has 0 radical (unpaired) electrons. The highest BCUT2D eigenvalue weighted by Gasteiger charge is 2.39. The molecule has 0 aromatic heterocycles. The summed E-state index contributed by atoms with van der Waals surface area (Å²) in [5, 5.41) is 11.2. The number of hydrogen-bond donors (Lipinski definition) is 1. The largest absolute Gasteiger partial charge is 0.393 e. The zero-order valence-corrected chi connectivity index (χ0v) is 11.0. The van der Waals surface area contributed by atoms with Crippen molar-refractivity contribution in [3.63, 3.8) is 0 Å². The van der Waals surface area contributed by atoms with Crippen LogP contribution in [0.25, 0.3) is 0 Å². The summed E-state index contributed by atoms with van der Waals surface area (Å²) in [6.07, 6.45) is 2.35. The number of piperazine rings is 1. The Morgan fingerprint density at radius 2 is 1.95 bits per heavy atom. The highest BCUT2D eigenvalue weighted by Crippen LogP contribution is 2.38. The van der Waals surface area contributed by atoms with E-state index in [0.29, 0.717) is 17.8 Å². The van der Waals surface area contributed by atoms with Crippen molar-refractivity contribution in [2.45, 2.75) is 24.9 Å². The fourth-order valence-corrected chi connectivity index (χ4v) is 3.31. The van der Waals surface area contributed by atoms with Crippen molar-refractivity contribution in [2.75, 3.05) is 30.8 Å². The first-order valence-electron chi connectivity index (χ1n) is 6.57. The molecule has 2 N–H and O–H groups in total. The minimum absolute atomic E-state index is 0.0476. The third-order valence-corrected chi connectivity index (χ3v) is 4.42. The second-order valence-electron chi connectivity index (χ2n) is 5.43. The summed E-state index contributed by atoms with van der Waals surface area (Å²) in [6, 6.07) is 6.18. The molecule has 19 heavy (non-hydrogen) atoms. The third-order valence-electron chi connectivity index (χ3n) is 4.42. The Balaban J connectivity index is 1.96. The van der Waals surface area contributed by atoms with E-state index in [4.69, 9.17) is 5.73 Å². The highest BCUT2D eigenvalue weighted by atomic mass is 16.6. The topological polar surface area (TPSA) is 75.6 Å². The van der Waals surface area contributed by atoms with Gasteiger partial charge in [-0.15, -0.1) is 0 Å². The lowest BCUT2D eigenvalue weighted by Gasteiger charge is -2.39. The lowest BCUT2D eigenvalue weighted by atomic mass is 10.1. The lowest BCUT2D eigenvalue weighted by Crippen LogP contribution is -2.52. The summed E-state index contributed by atoms with van der Waals surface area (Å²) < 4.78 is 0. The molecule has 2 heterocycles. The first-order valence-corrected chi connectivity index (χ1v) is 6.57. The maximum Gasteiger partial charge on any atom is 0.315 e. The Hall–Kier alpha value is -1.82. The third kappa shape index (κ3) is 1.92. The number of hydrogen-bond acceptors (Lipinski definition) is 5. The van der Waals surface area contributed by atoms with Crippen LogP contribution in [0.2, 0.25) is 0 Å². The molecule has 0 spiro atoms. The Labute approximate surface area is 111 Å². The molecular weight excluding hydrogens is 244 g/mol. The van der Waals surface area contributed by atoms with Gasteiger partial charge in [-0.2, -0.15) is 0 Å². The van der Waals surface area contributed by atoms with Crippen LogP contribution in [0, 0.1) is 10.1 Å². The van der Waals surface area contributed by atoms with Crippen LogP contribution in [0.4, 0.5) is 17.1 Å². The maximum atomic E-state index is 11.2. The summed E-state index contributed by atoms with van der Waals surface area (Å²) in [5.74, 6) is 0. The van der Waals surface area contributed by atoms with Crippen LogP contribution in [0.3, 0.4) is 0 Å². The molecule has 0 saturated carbocycles. The van der Waals surface area contributed by atoms with E-state index in [1.807, 2.05) is 0 Å². The Bertz CT molecular complexity index is 505. The maximum absolute atomic E-state index is 11.2. The van der Waals surface area contributed by atoms with E-state index < -0.39 is 0 Å². The molecule has 2 aliphatic rings. The van der Waals surface area contributed by atoms with Crippen LogP contribution in [0.5, 0.6) is 0 Å². The predicted octanol–water partition coefficient (Wildman–Crippen LogP) is 1.46. The first kappa shape index (κ1) is 12.2. The summed E-state index contributed by atoms with van der Waals surface area (Å²) in [4.78, 5) is 15.4. The number of rotatable bonds is 2. The molecule has 0 aliphatic carbocycles. The smallest absolute Gasteiger partial charge is 0.315 e. The second-order valence-corrected chi connectivity index (χ2v) is 5.43. The lowest BCUT2D eigenvalue weighted by molar-refractivity contribution is -0.383. The fourth-order valence-electron chi connectivity index (χ4n) is 3.31. The molecule has 2 bridgehead atoms. The summed E-state index contributed by atoms with van der Waals surface area (Å²) in [6.45, 7) is 1.69. The van der Waals surface area contributed by atoms with Crippen LogP contribution in [0.1, 0.15) is 12.8 Å². The van der Waals surface area contributed by atoms with Gasteiger partial charge < -0.3 is 10.6 Å². The Morgan fingerprint density at radius 3 is 2.53 bits per heavy atom. The number of fused-ring (bicyclic) bond motifs is 2. The van der Waals surface area contributed by atoms with Gasteiger partial charge in [0.05, 0.1) is 4.92 Å². The Morgan fingerprint density at radius 1 is 1.32 bits per heavy atom. The fraction of sp³-hybridized carbons (Fsp3) is 0.538. The summed E-state index contributed by atoms with van der Waals surface area (Å²) >= 11 is 0. The van der Waals surface area contributed by atoms with Gasteiger partial charge in [0.2, 0.25) is 0 Å². The van der Waals surface area contributed by atoms with Crippen LogP contribution >= 0.6 is 0 Å². The number of nitrogens with two attached hydrogens (primary N) is 1. The van der Waals surface area contributed by atoms with Crippen molar-refractivity contribution < 1.29 is 4.92 Å². The van der Waals surface area contributed by atoms with Crippen molar-refractivity contribution in [1.82, 2.24) is 4.90 Å². The predicted molar refractivity (Wildman–Crippen MR) is 74.3 cm³/mol. The molecule has 2 fully saturated rings. The van der Waals surface area contributed by atoms with Crippen LogP contribution < -0.4 is 10.6 Å². The molecule has 2 saturated heterocycles. The quantitative estimate of drug-likeness (QED) is 0.496. The van der Waals surface area contributed by atoms with E-state index in [1.54, 1.807) is 18.2 Å². The van der Waals surface area contributed by atoms with Gasteiger partial charge in [0, 0.05) is 25.2 Å². The van der Waals surface area contributed by atoms with Gasteiger partial charge in [0.1, 0.15) is 11.4 Å². The van der Waals surface area contributed by atoms with Crippen molar-refractivity contribution in [2.24, 2.45) is 0 Å². The summed E-state index contributed by atoms with van der Waals surface area (Å²) in [5.41, 5.74) is 6.72. The zero-order chi connectivity index (χ0) is 13.6. The summed E-state index contributed by atoms with van der Waals surface area (Å²) in [7, 11) is 2.15. The number of para-hydroxylation sites is 1. The van der Waals surface area contributed by atoms with Crippen LogP contribution in [-0.2, 0) is 0 Å². The molecule has 3 rings (SSSR count). The van der Waals surface area contributed by atoms with E-state index >= 15 is 0 Å². The van der Waals surface area contributed by atoms with E-state index in [0.717, 1.165) is 13.1 Å². The average Bonchev–Trinajstić information content (AvgIpc) is 2.61. The molecule has 2 aliphatic heterocycles. The van der Waals surface area contributed by atoms with E-state index in [1.165, 1.54) is 12.8 Å². The SMILES string of the molecule is CN1C2CCC1CN(c1cccc(N)c1[N+](=O)[O-])C2. The number of benzene rings is 1. The van der Waals surface area contributed by atoms with Crippen molar-refractivity contribution in [3.8, 4) is 0 Å². The number of nitro groups is 1. The van der Waals surface area contributed by atoms with E-state index in [9.17, 15) is 10.1 Å². The van der Waals surface area contributed by atoms with Crippen molar-refractivity contribution >= 4 is 17.1 Å². The average molecular weight is 262 g/mol. The van der Waals surface area contributed by atoms with Gasteiger partial charge in [0.25, 0.3) is 0 Å². The molecule has 2 unspecified atom stereocenters. The standard InChI is InChI=1S/C13H18N4O2/c1-15-9-5-6-10(15)8-16(7-9)12-4-2-3-11(14)13(12)17(18)19/h2-4,9-10H,5-8,14H2,1H3. The minimum Gasteiger partial charge on any atom is -0.393 e. The normalized spacial score (nSPS) is 26.7. The second kappa shape index (κ2) is 4.38. The van der Waals surface area contributed by atoms with Gasteiger partial charge in [-0.05, 0) is 32.0 Å². The van der Waals surface area contributed by atoms with Gasteiger partial charge in [-0.25, -0.2) is 0 Å². The number of nitrogen functional groups attached to an aromatic ring is 1. The molecule has 6 heteroatoms. The first-order chi connectivity index (χ1) is 9.08. The molecular formula is C13H18N4O2. The molecule has 102 valence electrons. The van der Waals surface area contributed by atoms with Crippen molar-refractivity contribution in [3.05, 3.63) is 28.3 Å². The minimum atomic E-state index is -0.370. The number of nitrogens with zero attached hydrogens (tertiary/aromatic N) is 3. The molecule has 6 nitrogen and oxygen atoms in total. The molecule has 2 atom stereocenters. The molecule has 0 amide bonds. The molecule has 1 aromatic carbocycles. The number of likely N-dealkylation sites (N-methyl/N-ethyl adjacent to an activating group) is 1. The molecule has 1 aromatic rings. The van der Waals surface area contributed by atoms with E-state index in [-0.39, 0.29) is 16.3 Å². The van der Waals surface area contributed by atoms with Gasteiger partial charge in [-0.1, -0.05) is 6.07 Å². The van der Waals surface area contributed by atoms with Gasteiger partial charge >= 0.3 is 5.69 Å².